The molecular formula is C18H17BrN4O. The van der Waals surface area contributed by atoms with E-state index >= 15 is 0 Å². The number of piperidine rings is 1. The summed E-state index contributed by atoms with van der Waals surface area (Å²) in [5.74, 6) is 1.25. The van der Waals surface area contributed by atoms with Crippen LogP contribution in [0.1, 0.15) is 34.9 Å². The highest BCUT2D eigenvalue weighted by Gasteiger charge is 2.28. The molecule has 4 rings (SSSR count). The van der Waals surface area contributed by atoms with E-state index in [2.05, 4.69) is 26.1 Å². The van der Waals surface area contributed by atoms with Gasteiger partial charge in [-0.15, -0.1) is 10.2 Å². The fourth-order valence-corrected chi connectivity index (χ4v) is 3.55. The molecule has 0 bridgehead atoms. The largest absolute Gasteiger partial charge is 0.338 e. The first kappa shape index (κ1) is 15.3. The lowest BCUT2D eigenvalue weighted by molar-refractivity contribution is 0.0704. The van der Waals surface area contributed by atoms with E-state index in [4.69, 9.17) is 0 Å². The molecule has 1 aliphatic rings. The van der Waals surface area contributed by atoms with E-state index in [1.807, 2.05) is 58.0 Å². The van der Waals surface area contributed by atoms with Crippen molar-refractivity contribution in [3.63, 3.8) is 0 Å². The quantitative estimate of drug-likeness (QED) is 0.679. The number of carbonyl (C=O) groups excluding carboxylic acids is 1. The van der Waals surface area contributed by atoms with Crippen LogP contribution >= 0.6 is 15.9 Å². The van der Waals surface area contributed by atoms with Crippen molar-refractivity contribution in [2.24, 2.45) is 0 Å². The van der Waals surface area contributed by atoms with Crippen LogP contribution in [0.25, 0.3) is 5.65 Å². The third kappa shape index (κ3) is 2.82. The highest BCUT2D eigenvalue weighted by molar-refractivity contribution is 9.10. The first-order valence-corrected chi connectivity index (χ1v) is 8.86. The molecule has 3 aromatic rings. The van der Waals surface area contributed by atoms with E-state index in [-0.39, 0.29) is 11.8 Å². The standard InChI is InChI=1S/C18H17BrN4O/c19-15-8-6-13(7-9-15)18(24)22-10-3-4-14(12-22)17-21-20-16-5-1-2-11-23(16)17/h1-2,5-9,11,14H,3-4,10,12H2/t14-/m0/s1. The van der Waals surface area contributed by atoms with Crippen LogP contribution in [0, 0.1) is 0 Å². The highest BCUT2D eigenvalue weighted by Crippen LogP contribution is 2.27. The third-order valence-electron chi connectivity index (χ3n) is 4.51. The van der Waals surface area contributed by atoms with Gasteiger partial charge in [0.25, 0.3) is 5.91 Å². The molecule has 5 nitrogen and oxygen atoms in total. The zero-order valence-electron chi connectivity index (χ0n) is 13.1. The van der Waals surface area contributed by atoms with Gasteiger partial charge in [0.1, 0.15) is 5.82 Å². The molecule has 3 heterocycles. The Morgan fingerprint density at radius 2 is 1.96 bits per heavy atom. The summed E-state index contributed by atoms with van der Waals surface area (Å²) < 4.78 is 3.00. The number of fused-ring (bicyclic) bond motifs is 1. The van der Waals surface area contributed by atoms with Gasteiger partial charge in [-0.25, -0.2) is 0 Å². The molecule has 1 fully saturated rings. The van der Waals surface area contributed by atoms with E-state index in [0.29, 0.717) is 6.54 Å². The summed E-state index contributed by atoms with van der Waals surface area (Å²) in [7, 11) is 0. The molecule has 0 radical (unpaired) electrons. The van der Waals surface area contributed by atoms with Gasteiger partial charge in [0.05, 0.1) is 0 Å². The van der Waals surface area contributed by atoms with E-state index in [9.17, 15) is 4.79 Å². The molecule has 1 saturated heterocycles. The molecule has 0 N–H and O–H groups in total. The number of amides is 1. The Bertz CT molecular complexity index is 874. The number of nitrogens with zero attached hydrogens (tertiary/aromatic N) is 4. The zero-order valence-corrected chi connectivity index (χ0v) is 14.7. The number of rotatable bonds is 2. The van der Waals surface area contributed by atoms with Gasteiger partial charge in [-0.05, 0) is 49.2 Å². The predicted molar refractivity (Wildman–Crippen MR) is 95.0 cm³/mol. The smallest absolute Gasteiger partial charge is 0.253 e. The van der Waals surface area contributed by atoms with Crippen molar-refractivity contribution in [2.45, 2.75) is 18.8 Å². The van der Waals surface area contributed by atoms with Gasteiger partial charge >= 0.3 is 0 Å². The molecule has 0 unspecified atom stereocenters. The van der Waals surface area contributed by atoms with Gasteiger partial charge in [0, 0.05) is 35.2 Å². The molecule has 1 aromatic carbocycles. The maximum atomic E-state index is 12.8. The van der Waals surface area contributed by atoms with Gasteiger partial charge in [-0.1, -0.05) is 22.0 Å². The number of carbonyl (C=O) groups is 1. The first-order valence-electron chi connectivity index (χ1n) is 8.07. The second-order valence-electron chi connectivity index (χ2n) is 6.08. The van der Waals surface area contributed by atoms with Crippen molar-refractivity contribution >= 4 is 27.5 Å². The summed E-state index contributed by atoms with van der Waals surface area (Å²) >= 11 is 3.41. The average Bonchev–Trinajstić information content (AvgIpc) is 3.06. The maximum Gasteiger partial charge on any atom is 0.253 e. The summed E-state index contributed by atoms with van der Waals surface area (Å²) in [4.78, 5) is 14.7. The SMILES string of the molecule is O=C(c1ccc(Br)cc1)N1CCC[C@H](c2nnc3ccccn23)C1. The number of benzene rings is 1. The Morgan fingerprint density at radius 1 is 1.12 bits per heavy atom. The minimum Gasteiger partial charge on any atom is -0.338 e. The molecule has 1 atom stereocenters. The van der Waals surface area contributed by atoms with Crippen LogP contribution in [0.2, 0.25) is 0 Å². The molecular weight excluding hydrogens is 368 g/mol. The minimum absolute atomic E-state index is 0.0843. The van der Waals surface area contributed by atoms with Crippen molar-refractivity contribution in [1.82, 2.24) is 19.5 Å². The Hall–Kier alpha value is -2.21. The number of hydrogen-bond donors (Lipinski definition) is 0. The Morgan fingerprint density at radius 3 is 2.79 bits per heavy atom. The van der Waals surface area contributed by atoms with Gasteiger partial charge in [0.15, 0.2) is 5.65 Å². The van der Waals surface area contributed by atoms with Crippen molar-refractivity contribution in [3.05, 3.63) is 64.5 Å². The number of hydrogen-bond acceptors (Lipinski definition) is 3. The average molecular weight is 385 g/mol. The molecule has 0 aliphatic carbocycles. The number of likely N-dealkylation sites (tertiary alicyclic amines) is 1. The molecule has 2 aromatic heterocycles. The summed E-state index contributed by atoms with van der Waals surface area (Å²) in [6.07, 6.45) is 3.99. The van der Waals surface area contributed by atoms with Crippen LogP contribution < -0.4 is 0 Å². The van der Waals surface area contributed by atoms with Gasteiger partial charge < -0.3 is 4.90 Å². The second kappa shape index (κ2) is 6.36. The Balaban J connectivity index is 1.57. The van der Waals surface area contributed by atoms with Crippen molar-refractivity contribution in [2.75, 3.05) is 13.1 Å². The van der Waals surface area contributed by atoms with Crippen molar-refractivity contribution in [1.29, 1.82) is 0 Å². The lowest BCUT2D eigenvalue weighted by Gasteiger charge is -2.32. The van der Waals surface area contributed by atoms with Crippen LogP contribution in [0.4, 0.5) is 0 Å². The molecule has 1 aliphatic heterocycles. The monoisotopic (exact) mass is 384 g/mol. The predicted octanol–water partition coefficient (Wildman–Crippen LogP) is 3.51. The minimum atomic E-state index is 0.0843. The summed E-state index contributed by atoms with van der Waals surface area (Å²) in [6, 6.07) is 13.4. The molecule has 0 saturated carbocycles. The van der Waals surface area contributed by atoms with Gasteiger partial charge in [-0.3, -0.25) is 9.20 Å². The topological polar surface area (TPSA) is 50.5 Å². The van der Waals surface area contributed by atoms with Crippen LogP contribution in [0.5, 0.6) is 0 Å². The second-order valence-corrected chi connectivity index (χ2v) is 7.00. The summed E-state index contributed by atoms with van der Waals surface area (Å²) in [5.41, 5.74) is 1.58. The van der Waals surface area contributed by atoms with Gasteiger partial charge in [0.2, 0.25) is 0 Å². The highest BCUT2D eigenvalue weighted by atomic mass is 79.9. The molecule has 122 valence electrons. The zero-order chi connectivity index (χ0) is 16.5. The van der Waals surface area contributed by atoms with Crippen molar-refractivity contribution in [3.8, 4) is 0 Å². The van der Waals surface area contributed by atoms with Crippen LogP contribution in [-0.2, 0) is 0 Å². The van der Waals surface area contributed by atoms with Crippen LogP contribution in [0.15, 0.2) is 53.1 Å². The van der Waals surface area contributed by atoms with E-state index in [0.717, 1.165) is 40.9 Å². The van der Waals surface area contributed by atoms with Crippen LogP contribution in [-0.4, -0.2) is 38.5 Å². The lowest BCUT2D eigenvalue weighted by Crippen LogP contribution is -2.39. The Kier molecular flexibility index (Phi) is 4.06. The normalized spacial score (nSPS) is 18.0. The molecule has 6 heteroatoms. The number of pyridine rings is 1. The van der Waals surface area contributed by atoms with Crippen LogP contribution in [0.3, 0.4) is 0 Å². The summed E-state index contributed by atoms with van der Waals surface area (Å²) in [6.45, 7) is 1.48. The third-order valence-corrected chi connectivity index (χ3v) is 5.03. The molecule has 0 spiro atoms. The fraction of sp³-hybridized carbons (Fsp3) is 0.278. The fourth-order valence-electron chi connectivity index (χ4n) is 3.29. The molecule has 1 amide bonds. The maximum absolute atomic E-state index is 12.8. The van der Waals surface area contributed by atoms with E-state index in [1.54, 1.807) is 0 Å². The summed E-state index contributed by atoms with van der Waals surface area (Å²) in [5, 5.41) is 8.60. The van der Waals surface area contributed by atoms with Crippen molar-refractivity contribution < 1.29 is 4.79 Å². The van der Waals surface area contributed by atoms with Gasteiger partial charge in [-0.2, -0.15) is 0 Å². The number of halogens is 1. The number of aromatic nitrogens is 3. The molecule has 24 heavy (non-hydrogen) atoms. The van der Waals surface area contributed by atoms with E-state index < -0.39 is 0 Å². The van der Waals surface area contributed by atoms with E-state index in [1.165, 1.54) is 0 Å². The Labute approximate surface area is 148 Å². The lowest BCUT2D eigenvalue weighted by atomic mass is 9.96. The first-order chi connectivity index (χ1) is 11.7.